The van der Waals surface area contributed by atoms with Crippen molar-refractivity contribution in [3.63, 3.8) is 0 Å². The van der Waals surface area contributed by atoms with Crippen LogP contribution in [0.5, 0.6) is 17.2 Å². The highest BCUT2D eigenvalue weighted by Crippen LogP contribution is 2.38. The van der Waals surface area contributed by atoms with Crippen LogP contribution in [0.3, 0.4) is 0 Å². The molecule has 1 aliphatic rings. The number of hydrogen-bond donors (Lipinski definition) is 2. The molecule has 1 unspecified atom stereocenters. The van der Waals surface area contributed by atoms with Crippen molar-refractivity contribution >= 4 is 0 Å². The van der Waals surface area contributed by atoms with Crippen LogP contribution in [0.25, 0.3) is 0 Å². The number of aliphatic hydroxyl groups excluding tert-OH is 1. The summed E-state index contributed by atoms with van der Waals surface area (Å²) in [7, 11) is 0. The van der Waals surface area contributed by atoms with E-state index in [0.29, 0.717) is 30.3 Å². The lowest BCUT2D eigenvalue weighted by atomic mass is 10.0. The highest BCUT2D eigenvalue weighted by Gasteiger charge is 2.17. The summed E-state index contributed by atoms with van der Waals surface area (Å²) in [6.45, 7) is 3.05. The van der Waals surface area contributed by atoms with Crippen LogP contribution in [0.2, 0.25) is 0 Å². The lowest BCUT2D eigenvalue weighted by Gasteiger charge is -2.14. The van der Waals surface area contributed by atoms with E-state index < -0.39 is 0 Å². The molecule has 2 N–H and O–H groups in total. The van der Waals surface area contributed by atoms with E-state index in [1.807, 2.05) is 6.92 Å². The largest absolute Gasteiger partial charge is 0.508 e. The predicted molar refractivity (Wildman–Crippen MR) is 59.2 cm³/mol. The van der Waals surface area contributed by atoms with Crippen molar-refractivity contribution in [1.29, 1.82) is 0 Å². The van der Waals surface area contributed by atoms with Crippen molar-refractivity contribution < 1.29 is 19.7 Å². The Morgan fingerprint density at radius 3 is 2.50 bits per heavy atom. The Morgan fingerprint density at radius 1 is 1.25 bits per heavy atom. The van der Waals surface area contributed by atoms with E-state index in [1.54, 1.807) is 12.1 Å². The minimum atomic E-state index is -0.114. The maximum Gasteiger partial charge on any atom is 0.164 e. The molecule has 1 aromatic carbocycles. The van der Waals surface area contributed by atoms with Gasteiger partial charge in [-0.1, -0.05) is 6.92 Å². The maximum absolute atomic E-state index is 9.81. The van der Waals surface area contributed by atoms with Gasteiger partial charge in [0, 0.05) is 30.6 Å². The molecule has 1 aromatic rings. The van der Waals surface area contributed by atoms with Crippen LogP contribution in [0.15, 0.2) is 12.1 Å². The monoisotopic (exact) mass is 224 g/mol. The molecule has 0 fully saturated rings. The number of hydrogen-bond acceptors (Lipinski definition) is 4. The Morgan fingerprint density at radius 2 is 1.88 bits per heavy atom. The molecule has 1 aliphatic heterocycles. The number of fused-ring (bicyclic) bond motifs is 1. The summed E-state index contributed by atoms with van der Waals surface area (Å²) in [6, 6.07) is 3.30. The van der Waals surface area contributed by atoms with Crippen molar-refractivity contribution in [3.8, 4) is 17.2 Å². The van der Waals surface area contributed by atoms with Gasteiger partial charge in [-0.25, -0.2) is 0 Å². The van der Waals surface area contributed by atoms with Crippen LogP contribution in [-0.2, 0) is 0 Å². The topological polar surface area (TPSA) is 58.9 Å². The summed E-state index contributed by atoms with van der Waals surface area (Å²) >= 11 is 0. The molecular weight excluding hydrogens is 208 g/mol. The van der Waals surface area contributed by atoms with E-state index in [-0.39, 0.29) is 18.3 Å². The maximum atomic E-state index is 9.81. The Bertz CT molecular complexity index is 376. The van der Waals surface area contributed by atoms with Gasteiger partial charge in [0.2, 0.25) is 0 Å². The van der Waals surface area contributed by atoms with Crippen molar-refractivity contribution in [2.24, 2.45) is 0 Å². The predicted octanol–water partition coefficient (Wildman–Crippen LogP) is 1.65. The van der Waals surface area contributed by atoms with Crippen LogP contribution in [0.4, 0.5) is 0 Å². The second kappa shape index (κ2) is 4.61. The Balaban J connectivity index is 2.38. The molecule has 0 aliphatic carbocycles. The Kier molecular flexibility index (Phi) is 3.19. The molecule has 2 rings (SSSR count). The van der Waals surface area contributed by atoms with E-state index in [1.165, 1.54) is 0 Å². The minimum absolute atomic E-state index is 0.00674. The van der Waals surface area contributed by atoms with Gasteiger partial charge in [0.1, 0.15) is 5.75 Å². The summed E-state index contributed by atoms with van der Waals surface area (Å²) in [6.07, 6.45) is 0.834. The molecule has 0 spiro atoms. The van der Waals surface area contributed by atoms with E-state index in [9.17, 15) is 5.11 Å². The zero-order valence-electron chi connectivity index (χ0n) is 9.27. The number of ether oxygens (including phenoxy) is 2. The smallest absolute Gasteiger partial charge is 0.164 e. The lowest BCUT2D eigenvalue weighted by molar-refractivity contribution is 0.269. The van der Waals surface area contributed by atoms with E-state index in [0.717, 1.165) is 6.42 Å². The third kappa shape index (κ3) is 2.07. The summed E-state index contributed by atoms with van der Waals surface area (Å²) < 4.78 is 11.0. The van der Waals surface area contributed by atoms with Gasteiger partial charge < -0.3 is 19.7 Å². The van der Waals surface area contributed by atoms with Crippen molar-refractivity contribution in [1.82, 2.24) is 0 Å². The zero-order valence-corrected chi connectivity index (χ0v) is 9.27. The molecular formula is C12H16O4. The van der Waals surface area contributed by atoms with Crippen LogP contribution >= 0.6 is 0 Å². The average molecular weight is 224 g/mol. The molecule has 88 valence electrons. The SMILES string of the molecule is CC(CO)c1cc2c(cc1O)OCCCO2. The second-order valence-electron chi connectivity index (χ2n) is 3.99. The first-order valence-corrected chi connectivity index (χ1v) is 5.45. The second-order valence-corrected chi connectivity index (χ2v) is 3.99. The van der Waals surface area contributed by atoms with Gasteiger partial charge in [0.05, 0.1) is 13.2 Å². The quantitative estimate of drug-likeness (QED) is 0.802. The molecule has 4 heteroatoms. The van der Waals surface area contributed by atoms with Crippen molar-refractivity contribution in [2.75, 3.05) is 19.8 Å². The fraction of sp³-hybridized carbons (Fsp3) is 0.500. The number of aliphatic hydroxyl groups is 1. The molecule has 0 bridgehead atoms. The van der Waals surface area contributed by atoms with E-state index in [4.69, 9.17) is 14.6 Å². The van der Waals surface area contributed by atoms with Gasteiger partial charge in [0.15, 0.2) is 11.5 Å². The molecule has 0 radical (unpaired) electrons. The number of benzene rings is 1. The number of phenolic OH excluding ortho intramolecular Hbond substituents is 1. The third-order valence-corrected chi connectivity index (χ3v) is 2.70. The fourth-order valence-corrected chi connectivity index (χ4v) is 1.71. The van der Waals surface area contributed by atoms with Gasteiger partial charge in [0.25, 0.3) is 0 Å². The Labute approximate surface area is 94.4 Å². The average Bonchev–Trinajstić information content (AvgIpc) is 2.51. The highest BCUT2D eigenvalue weighted by molar-refractivity contribution is 5.51. The van der Waals surface area contributed by atoms with Gasteiger partial charge >= 0.3 is 0 Å². The van der Waals surface area contributed by atoms with Crippen LogP contribution in [0, 0.1) is 0 Å². The first-order valence-electron chi connectivity index (χ1n) is 5.45. The van der Waals surface area contributed by atoms with Crippen molar-refractivity contribution in [3.05, 3.63) is 17.7 Å². The summed E-state index contributed by atoms with van der Waals surface area (Å²) in [4.78, 5) is 0. The van der Waals surface area contributed by atoms with Crippen molar-refractivity contribution in [2.45, 2.75) is 19.3 Å². The van der Waals surface area contributed by atoms with E-state index >= 15 is 0 Å². The molecule has 0 aromatic heterocycles. The number of phenols is 1. The summed E-state index contributed by atoms with van der Waals surface area (Å²) in [5.74, 6) is 1.25. The first-order chi connectivity index (χ1) is 7.72. The van der Waals surface area contributed by atoms with Crippen LogP contribution < -0.4 is 9.47 Å². The Hall–Kier alpha value is -1.42. The van der Waals surface area contributed by atoms with Gasteiger partial charge in [-0.15, -0.1) is 0 Å². The minimum Gasteiger partial charge on any atom is -0.508 e. The fourth-order valence-electron chi connectivity index (χ4n) is 1.71. The van der Waals surface area contributed by atoms with E-state index in [2.05, 4.69) is 0 Å². The third-order valence-electron chi connectivity index (χ3n) is 2.70. The molecule has 1 atom stereocenters. The zero-order chi connectivity index (χ0) is 11.5. The highest BCUT2D eigenvalue weighted by atomic mass is 16.5. The summed E-state index contributed by atoms with van der Waals surface area (Å²) in [5.41, 5.74) is 0.687. The molecule has 0 saturated carbocycles. The summed E-state index contributed by atoms with van der Waals surface area (Å²) in [5, 5.41) is 18.9. The van der Waals surface area contributed by atoms with Gasteiger partial charge in [-0.3, -0.25) is 0 Å². The molecule has 4 nitrogen and oxygen atoms in total. The van der Waals surface area contributed by atoms with Gasteiger partial charge in [-0.2, -0.15) is 0 Å². The molecule has 0 saturated heterocycles. The number of aromatic hydroxyl groups is 1. The molecule has 0 amide bonds. The molecule has 16 heavy (non-hydrogen) atoms. The standard InChI is InChI=1S/C12H16O4/c1-8(7-13)9-5-11-12(6-10(9)14)16-4-2-3-15-11/h5-6,8,13-14H,2-4,7H2,1H3. The van der Waals surface area contributed by atoms with Crippen LogP contribution in [-0.4, -0.2) is 30.0 Å². The van der Waals surface area contributed by atoms with Crippen LogP contribution in [0.1, 0.15) is 24.8 Å². The normalized spacial score (nSPS) is 16.6. The first kappa shape index (κ1) is 11.1. The lowest BCUT2D eigenvalue weighted by Crippen LogP contribution is -2.01. The molecule has 1 heterocycles. The van der Waals surface area contributed by atoms with Gasteiger partial charge in [-0.05, 0) is 6.07 Å². The number of rotatable bonds is 2.